The van der Waals surface area contributed by atoms with Crippen LogP contribution in [-0.2, 0) is 20.9 Å². The Hall–Kier alpha value is -2.36. The molecule has 1 fully saturated rings. The number of nitrogens with zero attached hydrogens (tertiary/aromatic N) is 1. The fourth-order valence-corrected chi connectivity index (χ4v) is 1.99. The monoisotopic (exact) mass is 289 g/mol. The molecule has 0 radical (unpaired) electrons. The van der Waals surface area contributed by atoms with Crippen LogP contribution >= 0.6 is 0 Å². The molecule has 6 heteroatoms. The number of carbonyl (C=O) groups excluding carboxylic acids is 2. The molecule has 110 valence electrons. The van der Waals surface area contributed by atoms with Crippen molar-refractivity contribution in [3.05, 3.63) is 29.3 Å². The Labute approximate surface area is 122 Å². The first kappa shape index (κ1) is 15.0. The molecule has 1 heterocycles. The number of imide groups is 1. The van der Waals surface area contributed by atoms with E-state index in [9.17, 15) is 9.59 Å². The zero-order chi connectivity index (χ0) is 15.2. The molecule has 1 saturated heterocycles. The van der Waals surface area contributed by atoms with Crippen LogP contribution in [0.4, 0.5) is 0 Å². The molecule has 1 aromatic rings. The molecule has 21 heavy (non-hydrogen) atoms. The molecule has 0 aliphatic carbocycles. The Kier molecular flexibility index (Phi) is 4.93. The highest BCUT2D eigenvalue weighted by atomic mass is 16.5. The molecular weight excluding hydrogens is 274 g/mol. The van der Waals surface area contributed by atoms with Gasteiger partial charge >= 0.3 is 0 Å². The van der Waals surface area contributed by atoms with Gasteiger partial charge in [-0.05, 0) is 18.2 Å². The summed E-state index contributed by atoms with van der Waals surface area (Å²) in [4.78, 5) is 24.6. The fourth-order valence-electron chi connectivity index (χ4n) is 1.99. The van der Waals surface area contributed by atoms with Crippen molar-refractivity contribution in [2.45, 2.75) is 6.54 Å². The molecule has 2 rings (SSSR count). The number of hydrogen-bond donors (Lipinski definition) is 1. The van der Waals surface area contributed by atoms with E-state index in [2.05, 4.69) is 11.8 Å². The van der Waals surface area contributed by atoms with Crippen LogP contribution in [0.2, 0.25) is 0 Å². The van der Waals surface area contributed by atoms with E-state index in [-0.39, 0.29) is 38.2 Å². The lowest BCUT2D eigenvalue weighted by Gasteiger charge is -2.25. The molecule has 1 aliphatic rings. The van der Waals surface area contributed by atoms with Crippen LogP contribution in [0.1, 0.15) is 11.1 Å². The molecule has 0 spiro atoms. The van der Waals surface area contributed by atoms with Crippen molar-refractivity contribution in [3.8, 4) is 17.6 Å². The van der Waals surface area contributed by atoms with Gasteiger partial charge in [0.15, 0.2) is 0 Å². The van der Waals surface area contributed by atoms with E-state index >= 15 is 0 Å². The van der Waals surface area contributed by atoms with Gasteiger partial charge in [0, 0.05) is 11.1 Å². The maximum absolute atomic E-state index is 11.7. The summed E-state index contributed by atoms with van der Waals surface area (Å²) >= 11 is 0. The topological polar surface area (TPSA) is 76.1 Å². The molecule has 6 nitrogen and oxygen atoms in total. The molecule has 0 bridgehead atoms. The highest BCUT2D eigenvalue weighted by Crippen LogP contribution is 2.22. The largest absolute Gasteiger partial charge is 0.496 e. The van der Waals surface area contributed by atoms with Crippen LogP contribution in [0.5, 0.6) is 5.75 Å². The number of hydrogen-bond acceptors (Lipinski definition) is 5. The Morgan fingerprint density at radius 2 is 2.05 bits per heavy atom. The van der Waals surface area contributed by atoms with Crippen LogP contribution in [0.15, 0.2) is 18.2 Å². The van der Waals surface area contributed by atoms with Gasteiger partial charge in [0.1, 0.15) is 25.6 Å². The molecule has 1 aliphatic heterocycles. The van der Waals surface area contributed by atoms with Crippen LogP contribution in [0.3, 0.4) is 0 Å². The van der Waals surface area contributed by atoms with Crippen molar-refractivity contribution in [2.24, 2.45) is 0 Å². The average Bonchev–Trinajstić information content (AvgIpc) is 2.49. The van der Waals surface area contributed by atoms with Crippen LogP contribution < -0.4 is 4.74 Å². The number of morpholine rings is 1. The number of amides is 2. The van der Waals surface area contributed by atoms with E-state index in [1.807, 2.05) is 0 Å². The van der Waals surface area contributed by atoms with E-state index < -0.39 is 0 Å². The minimum Gasteiger partial charge on any atom is -0.496 e. The number of benzene rings is 1. The molecule has 1 N–H and O–H groups in total. The predicted molar refractivity (Wildman–Crippen MR) is 73.3 cm³/mol. The van der Waals surface area contributed by atoms with Crippen molar-refractivity contribution < 1.29 is 24.2 Å². The third-order valence-corrected chi connectivity index (χ3v) is 2.97. The Morgan fingerprint density at radius 1 is 1.33 bits per heavy atom. The summed E-state index contributed by atoms with van der Waals surface area (Å²) in [5.41, 5.74) is 1.35. The van der Waals surface area contributed by atoms with Crippen LogP contribution in [-0.4, -0.2) is 48.8 Å². The smallest absolute Gasteiger partial charge is 0.255 e. The van der Waals surface area contributed by atoms with E-state index in [4.69, 9.17) is 14.6 Å². The Morgan fingerprint density at radius 3 is 2.67 bits per heavy atom. The first-order chi connectivity index (χ1) is 10.2. The van der Waals surface area contributed by atoms with E-state index in [0.29, 0.717) is 16.9 Å². The van der Waals surface area contributed by atoms with E-state index in [1.165, 1.54) is 7.11 Å². The first-order valence-electron chi connectivity index (χ1n) is 6.33. The number of rotatable bonds is 3. The van der Waals surface area contributed by atoms with E-state index in [1.54, 1.807) is 18.2 Å². The molecular formula is C15H15NO5. The summed E-state index contributed by atoms with van der Waals surface area (Å²) < 4.78 is 10.1. The highest BCUT2D eigenvalue weighted by Gasteiger charge is 2.27. The molecule has 2 amide bonds. The van der Waals surface area contributed by atoms with Gasteiger partial charge in [0.25, 0.3) is 11.8 Å². The van der Waals surface area contributed by atoms with Crippen molar-refractivity contribution in [1.82, 2.24) is 4.90 Å². The van der Waals surface area contributed by atoms with Gasteiger partial charge in [0.05, 0.1) is 13.7 Å². The molecule has 0 saturated carbocycles. The Balaban J connectivity index is 2.28. The average molecular weight is 289 g/mol. The van der Waals surface area contributed by atoms with Crippen LogP contribution in [0.25, 0.3) is 0 Å². The number of carbonyl (C=O) groups is 2. The van der Waals surface area contributed by atoms with Crippen molar-refractivity contribution in [3.63, 3.8) is 0 Å². The quantitative estimate of drug-likeness (QED) is 0.622. The summed E-state index contributed by atoms with van der Waals surface area (Å²) in [6.45, 7) is -0.323. The van der Waals surface area contributed by atoms with Crippen molar-refractivity contribution >= 4 is 11.8 Å². The first-order valence-corrected chi connectivity index (χ1v) is 6.33. The van der Waals surface area contributed by atoms with Gasteiger partial charge in [0.2, 0.25) is 0 Å². The maximum Gasteiger partial charge on any atom is 0.255 e. The van der Waals surface area contributed by atoms with Crippen LogP contribution in [0, 0.1) is 11.8 Å². The third-order valence-electron chi connectivity index (χ3n) is 2.97. The Bertz CT molecular complexity index is 598. The zero-order valence-corrected chi connectivity index (χ0v) is 11.6. The predicted octanol–water partition coefficient (Wildman–Crippen LogP) is -0.0756. The highest BCUT2D eigenvalue weighted by molar-refractivity contribution is 5.98. The van der Waals surface area contributed by atoms with E-state index in [0.717, 1.165) is 4.90 Å². The van der Waals surface area contributed by atoms with Gasteiger partial charge < -0.3 is 14.6 Å². The molecule has 0 unspecified atom stereocenters. The van der Waals surface area contributed by atoms with Gasteiger partial charge in [-0.15, -0.1) is 0 Å². The third kappa shape index (κ3) is 3.60. The van der Waals surface area contributed by atoms with Gasteiger partial charge in [-0.3, -0.25) is 14.5 Å². The molecule has 0 aromatic heterocycles. The van der Waals surface area contributed by atoms with Gasteiger partial charge in [-0.25, -0.2) is 0 Å². The summed E-state index contributed by atoms with van der Waals surface area (Å²) in [6.07, 6.45) is 0. The number of aliphatic hydroxyl groups excluding tert-OH is 1. The second kappa shape index (κ2) is 6.88. The normalized spacial score (nSPS) is 14.7. The minimum absolute atomic E-state index is 0.0991. The molecule has 0 atom stereocenters. The SMILES string of the molecule is COc1ccc(C#CCO)cc1CN1C(=O)COCC1=O. The van der Waals surface area contributed by atoms with Gasteiger partial charge in [-0.2, -0.15) is 0 Å². The van der Waals surface area contributed by atoms with Gasteiger partial charge in [-0.1, -0.05) is 11.8 Å². The second-order valence-corrected chi connectivity index (χ2v) is 4.35. The maximum atomic E-state index is 11.7. The van der Waals surface area contributed by atoms with Crippen molar-refractivity contribution in [1.29, 1.82) is 0 Å². The summed E-state index contributed by atoms with van der Waals surface area (Å²) in [5, 5.41) is 8.72. The summed E-state index contributed by atoms with van der Waals surface area (Å²) in [6, 6.07) is 5.19. The zero-order valence-electron chi connectivity index (χ0n) is 11.6. The minimum atomic E-state index is -0.375. The number of ether oxygens (including phenoxy) is 2. The summed E-state index contributed by atoms with van der Waals surface area (Å²) in [7, 11) is 1.51. The number of methoxy groups -OCH3 is 1. The second-order valence-electron chi connectivity index (χ2n) is 4.35. The number of aliphatic hydroxyl groups is 1. The molecule has 1 aromatic carbocycles. The standard InChI is InChI=1S/C15H15NO5/c1-20-13-5-4-11(3-2-6-17)7-12(13)8-16-14(18)9-21-10-15(16)19/h4-5,7,17H,6,8-10H2,1H3. The fraction of sp³-hybridized carbons (Fsp3) is 0.333. The summed E-state index contributed by atoms with van der Waals surface area (Å²) in [5.74, 6) is 5.14. The lowest BCUT2D eigenvalue weighted by molar-refractivity contribution is -0.159. The van der Waals surface area contributed by atoms with Crippen molar-refractivity contribution in [2.75, 3.05) is 26.9 Å². The lowest BCUT2D eigenvalue weighted by atomic mass is 10.1. The lowest BCUT2D eigenvalue weighted by Crippen LogP contribution is -2.45.